The van der Waals surface area contributed by atoms with E-state index in [-0.39, 0.29) is 10.5 Å². The van der Waals surface area contributed by atoms with E-state index < -0.39 is 31.1 Å². The maximum Gasteiger partial charge on any atom is 0.406 e. The van der Waals surface area contributed by atoms with Gasteiger partial charge in [0.2, 0.25) is 0 Å². The molecule has 8 heteroatoms. The highest BCUT2D eigenvalue weighted by atomic mass is 35.5. The van der Waals surface area contributed by atoms with Crippen molar-refractivity contribution in [2.24, 2.45) is 0 Å². The molecule has 0 aromatic heterocycles. The van der Waals surface area contributed by atoms with E-state index in [9.17, 15) is 22.8 Å². The first kappa shape index (κ1) is 16.3. The highest BCUT2D eigenvalue weighted by Crippen LogP contribution is 2.20. The number of hydrogen-bond donors (Lipinski definition) is 1. The minimum absolute atomic E-state index is 0.0441. The zero-order chi connectivity index (χ0) is 15.5. The first-order valence-electron chi connectivity index (χ1n) is 5.44. The zero-order valence-electron chi connectivity index (χ0n) is 10.4. The predicted molar refractivity (Wildman–Crippen MR) is 65.8 cm³/mol. The highest BCUT2D eigenvalue weighted by molar-refractivity contribution is 6.31. The zero-order valence-corrected chi connectivity index (χ0v) is 11.1. The Bertz CT molecular complexity index is 531. The number of nitrogens with zero attached hydrogens (tertiary/aromatic N) is 1. The Morgan fingerprint density at radius 1 is 1.35 bits per heavy atom. The van der Waals surface area contributed by atoms with Crippen molar-refractivity contribution in [1.82, 2.24) is 4.90 Å². The first-order chi connectivity index (χ1) is 9.10. The third kappa shape index (κ3) is 4.73. The van der Waals surface area contributed by atoms with Gasteiger partial charge in [-0.15, -0.1) is 0 Å². The summed E-state index contributed by atoms with van der Waals surface area (Å²) in [5.74, 6) is -2.53. The van der Waals surface area contributed by atoms with Crippen LogP contribution in [0.25, 0.3) is 0 Å². The summed E-state index contributed by atoms with van der Waals surface area (Å²) in [5.41, 5.74) is 0.470. The van der Waals surface area contributed by atoms with Crippen LogP contribution in [-0.4, -0.2) is 41.1 Å². The smallest absolute Gasteiger partial charge is 0.406 e. The second-order valence-electron chi connectivity index (χ2n) is 4.13. The molecule has 1 aromatic carbocycles. The Labute approximate surface area is 117 Å². The molecule has 110 valence electrons. The van der Waals surface area contributed by atoms with Crippen LogP contribution in [-0.2, 0) is 4.79 Å². The standard InChI is InChI=1S/C12H11ClF3NO3/c1-7-4-8(2-3-9(7)13)11(20)17(5-10(18)19)6-12(14,15)16/h2-4H,5-6H2,1H3,(H,18,19). The third-order valence-electron chi connectivity index (χ3n) is 2.39. The van der Waals surface area contributed by atoms with Crippen LogP contribution in [0.4, 0.5) is 13.2 Å². The van der Waals surface area contributed by atoms with Crippen molar-refractivity contribution < 1.29 is 27.9 Å². The number of aliphatic carboxylic acids is 1. The fourth-order valence-electron chi connectivity index (χ4n) is 1.54. The lowest BCUT2D eigenvalue weighted by molar-refractivity contribution is -0.149. The lowest BCUT2D eigenvalue weighted by atomic mass is 10.1. The van der Waals surface area contributed by atoms with Crippen LogP contribution in [0.15, 0.2) is 18.2 Å². The molecule has 0 atom stereocenters. The molecule has 1 N–H and O–H groups in total. The summed E-state index contributed by atoms with van der Waals surface area (Å²) in [6.07, 6.45) is -4.67. The molecule has 0 radical (unpaired) electrons. The molecule has 0 heterocycles. The van der Waals surface area contributed by atoms with Gasteiger partial charge in [0.15, 0.2) is 0 Å². The summed E-state index contributed by atoms with van der Waals surface area (Å²) < 4.78 is 37.1. The summed E-state index contributed by atoms with van der Waals surface area (Å²) in [4.78, 5) is 22.7. The van der Waals surface area contributed by atoms with Gasteiger partial charge in [-0.1, -0.05) is 11.6 Å². The van der Waals surface area contributed by atoms with Gasteiger partial charge in [-0.05, 0) is 30.7 Å². The third-order valence-corrected chi connectivity index (χ3v) is 2.81. The van der Waals surface area contributed by atoms with E-state index in [0.717, 1.165) is 0 Å². The van der Waals surface area contributed by atoms with E-state index >= 15 is 0 Å². The monoisotopic (exact) mass is 309 g/mol. The van der Waals surface area contributed by atoms with Gasteiger partial charge in [0.25, 0.3) is 5.91 Å². The van der Waals surface area contributed by atoms with E-state index in [0.29, 0.717) is 10.6 Å². The van der Waals surface area contributed by atoms with Crippen LogP contribution in [0.1, 0.15) is 15.9 Å². The fourth-order valence-corrected chi connectivity index (χ4v) is 1.66. The number of halogens is 4. The van der Waals surface area contributed by atoms with Gasteiger partial charge in [-0.2, -0.15) is 13.2 Å². The molecule has 0 aliphatic rings. The van der Waals surface area contributed by atoms with Crippen molar-refractivity contribution in [3.8, 4) is 0 Å². The van der Waals surface area contributed by atoms with Gasteiger partial charge in [-0.3, -0.25) is 9.59 Å². The second kappa shape index (κ2) is 6.13. The number of carboxylic acids is 1. The molecular formula is C12H11ClF3NO3. The van der Waals surface area contributed by atoms with Crippen molar-refractivity contribution in [3.05, 3.63) is 34.3 Å². The largest absolute Gasteiger partial charge is 0.480 e. The Morgan fingerprint density at radius 2 is 1.95 bits per heavy atom. The summed E-state index contributed by atoms with van der Waals surface area (Å²) in [7, 11) is 0. The normalized spacial score (nSPS) is 11.2. The number of rotatable bonds is 4. The van der Waals surface area contributed by atoms with Gasteiger partial charge >= 0.3 is 12.1 Å². The van der Waals surface area contributed by atoms with Crippen LogP contribution >= 0.6 is 11.6 Å². The van der Waals surface area contributed by atoms with Crippen LogP contribution in [0.3, 0.4) is 0 Å². The number of carbonyl (C=O) groups excluding carboxylic acids is 1. The van der Waals surface area contributed by atoms with E-state index in [4.69, 9.17) is 16.7 Å². The molecular weight excluding hydrogens is 299 g/mol. The van der Waals surface area contributed by atoms with Crippen LogP contribution < -0.4 is 0 Å². The minimum atomic E-state index is -4.67. The van der Waals surface area contributed by atoms with Gasteiger partial charge < -0.3 is 10.0 Å². The van der Waals surface area contributed by atoms with Gasteiger partial charge in [-0.25, -0.2) is 0 Å². The molecule has 0 fully saturated rings. The summed E-state index contributed by atoms with van der Waals surface area (Å²) in [6, 6.07) is 3.94. The molecule has 0 unspecified atom stereocenters. The minimum Gasteiger partial charge on any atom is -0.480 e. The fraction of sp³-hybridized carbons (Fsp3) is 0.333. The van der Waals surface area contributed by atoms with Crippen LogP contribution in [0.5, 0.6) is 0 Å². The SMILES string of the molecule is Cc1cc(C(=O)N(CC(=O)O)CC(F)(F)F)ccc1Cl. The average Bonchev–Trinajstić information content (AvgIpc) is 2.28. The van der Waals surface area contributed by atoms with Gasteiger partial charge in [0, 0.05) is 10.6 Å². The Balaban J connectivity index is 3.02. The lowest BCUT2D eigenvalue weighted by Gasteiger charge is -2.22. The number of amides is 1. The number of benzene rings is 1. The summed E-state index contributed by atoms with van der Waals surface area (Å²) >= 11 is 5.76. The molecule has 1 aromatic rings. The molecule has 0 spiro atoms. The Morgan fingerprint density at radius 3 is 2.40 bits per heavy atom. The number of carboxylic acid groups (broad SMARTS) is 1. The maximum atomic E-state index is 12.4. The van der Waals surface area contributed by atoms with Crippen LogP contribution in [0.2, 0.25) is 5.02 Å². The maximum absolute atomic E-state index is 12.4. The molecule has 4 nitrogen and oxygen atoms in total. The van der Waals surface area contributed by atoms with E-state index in [1.165, 1.54) is 18.2 Å². The molecule has 0 bridgehead atoms. The predicted octanol–water partition coefficient (Wildman–Crippen LogP) is 2.74. The molecule has 20 heavy (non-hydrogen) atoms. The van der Waals surface area contributed by atoms with Crippen molar-refractivity contribution in [2.75, 3.05) is 13.1 Å². The van der Waals surface area contributed by atoms with Crippen LogP contribution in [0, 0.1) is 6.92 Å². The summed E-state index contributed by atoms with van der Waals surface area (Å²) in [6.45, 7) is -1.07. The molecule has 0 saturated heterocycles. The van der Waals surface area contributed by atoms with Gasteiger partial charge in [0.05, 0.1) is 0 Å². The quantitative estimate of drug-likeness (QED) is 0.930. The van der Waals surface area contributed by atoms with Gasteiger partial charge in [0.1, 0.15) is 13.1 Å². The number of hydrogen-bond acceptors (Lipinski definition) is 2. The van der Waals surface area contributed by atoms with Crippen molar-refractivity contribution in [2.45, 2.75) is 13.1 Å². The van der Waals surface area contributed by atoms with Crippen molar-refractivity contribution in [3.63, 3.8) is 0 Å². The number of aryl methyl sites for hydroxylation is 1. The van der Waals surface area contributed by atoms with Crippen molar-refractivity contribution in [1.29, 1.82) is 0 Å². The van der Waals surface area contributed by atoms with E-state index in [2.05, 4.69) is 0 Å². The number of carbonyl (C=O) groups is 2. The average molecular weight is 310 g/mol. The Kier molecular flexibility index (Phi) is 4.99. The topological polar surface area (TPSA) is 57.6 Å². The summed E-state index contributed by atoms with van der Waals surface area (Å²) in [5, 5.41) is 8.96. The first-order valence-corrected chi connectivity index (χ1v) is 5.82. The molecule has 0 aliphatic carbocycles. The van der Waals surface area contributed by atoms with Crippen molar-refractivity contribution >= 4 is 23.5 Å². The molecule has 0 saturated carbocycles. The van der Waals surface area contributed by atoms with E-state index in [1.54, 1.807) is 6.92 Å². The molecule has 1 amide bonds. The molecule has 0 aliphatic heterocycles. The lowest BCUT2D eigenvalue weighted by Crippen LogP contribution is -2.42. The molecule has 1 rings (SSSR count). The number of alkyl halides is 3. The Hall–Kier alpha value is -1.76. The second-order valence-corrected chi connectivity index (χ2v) is 4.54. The van der Waals surface area contributed by atoms with E-state index in [1.807, 2.05) is 0 Å². The highest BCUT2D eigenvalue weighted by Gasteiger charge is 2.34.